The number of aromatic nitrogens is 2. The maximum Gasteiger partial charge on any atom is 0.303 e. The molecule has 5 heteroatoms. The van der Waals surface area contributed by atoms with Crippen molar-refractivity contribution >= 4 is 17.0 Å². The number of hydrogen-bond acceptors (Lipinski definition) is 3. The predicted octanol–water partition coefficient (Wildman–Crippen LogP) is 3.42. The molecule has 1 N–H and O–H groups in total. The molecule has 0 fully saturated rings. The number of carboxylic acid groups (broad SMARTS) is 1. The van der Waals surface area contributed by atoms with Crippen molar-refractivity contribution in [2.24, 2.45) is 0 Å². The second kappa shape index (κ2) is 6.16. The molecule has 0 spiro atoms. The molecular weight excluding hydrogens is 268 g/mol. The molecule has 0 saturated heterocycles. The van der Waals surface area contributed by atoms with Gasteiger partial charge >= 0.3 is 5.97 Å². The number of aliphatic carboxylic acids is 1. The van der Waals surface area contributed by atoms with Crippen molar-refractivity contribution in [3.8, 4) is 5.75 Å². The van der Waals surface area contributed by atoms with Crippen LogP contribution in [0.3, 0.4) is 0 Å². The van der Waals surface area contributed by atoms with Crippen molar-refractivity contribution in [1.29, 1.82) is 0 Å². The molecular formula is C16H22N2O3. The van der Waals surface area contributed by atoms with Gasteiger partial charge in [-0.05, 0) is 39.8 Å². The molecule has 0 saturated carbocycles. The second-order valence-electron chi connectivity index (χ2n) is 5.70. The first-order chi connectivity index (χ1) is 9.88. The van der Waals surface area contributed by atoms with Crippen LogP contribution in [0, 0.1) is 0 Å². The number of imidazole rings is 1. The van der Waals surface area contributed by atoms with Crippen molar-refractivity contribution in [3.63, 3.8) is 0 Å². The Kier molecular flexibility index (Phi) is 4.50. The Bertz CT molecular complexity index is 644. The third kappa shape index (κ3) is 3.54. The van der Waals surface area contributed by atoms with Crippen LogP contribution in [0.5, 0.6) is 5.75 Å². The minimum atomic E-state index is -0.804. The molecule has 2 aromatic rings. The normalized spacial score (nSPS) is 11.5. The Labute approximate surface area is 124 Å². The molecule has 2 rings (SSSR count). The zero-order valence-electron chi connectivity index (χ0n) is 13.0. The molecule has 0 aliphatic carbocycles. The number of hydrogen-bond donors (Lipinski definition) is 1. The average Bonchev–Trinajstić information content (AvgIpc) is 2.73. The lowest BCUT2D eigenvalue weighted by Gasteiger charge is -2.13. The van der Waals surface area contributed by atoms with E-state index < -0.39 is 5.97 Å². The van der Waals surface area contributed by atoms with Gasteiger partial charge in [0.05, 0.1) is 23.6 Å². The largest absolute Gasteiger partial charge is 0.491 e. The molecule has 1 aromatic heterocycles. The van der Waals surface area contributed by atoms with E-state index in [2.05, 4.69) is 23.4 Å². The molecule has 0 amide bonds. The summed E-state index contributed by atoms with van der Waals surface area (Å²) >= 11 is 0. The van der Waals surface area contributed by atoms with Crippen LogP contribution in [0.2, 0.25) is 0 Å². The van der Waals surface area contributed by atoms with Crippen LogP contribution in [-0.4, -0.2) is 26.7 Å². The first kappa shape index (κ1) is 15.4. The molecule has 5 nitrogen and oxygen atoms in total. The zero-order chi connectivity index (χ0) is 15.6. The first-order valence-electron chi connectivity index (χ1n) is 7.27. The minimum absolute atomic E-state index is 0.0887. The van der Waals surface area contributed by atoms with Gasteiger partial charge in [-0.1, -0.05) is 0 Å². The third-order valence-electron chi connectivity index (χ3n) is 3.18. The van der Waals surface area contributed by atoms with Gasteiger partial charge in [0.25, 0.3) is 0 Å². The van der Waals surface area contributed by atoms with Gasteiger partial charge in [-0.25, -0.2) is 4.98 Å². The number of carbonyl (C=O) groups is 1. The summed E-state index contributed by atoms with van der Waals surface area (Å²) in [7, 11) is 0. The van der Waals surface area contributed by atoms with E-state index in [-0.39, 0.29) is 18.6 Å². The van der Waals surface area contributed by atoms with Gasteiger partial charge in [-0.15, -0.1) is 0 Å². The van der Waals surface area contributed by atoms with Crippen molar-refractivity contribution in [2.75, 3.05) is 0 Å². The monoisotopic (exact) mass is 290 g/mol. The van der Waals surface area contributed by atoms with Crippen LogP contribution in [0.1, 0.15) is 46.0 Å². The lowest BCUT2D eigenvalue weighted by molar-refractivity contribution is -0.137. The summed E-state index contributed by atoms with van der Waals surface area (Å²) in [5.74, 6) is 0.793. The highest BCUT2D eigenvalue weighted by atomic mass is 16.5. The molecule has 0 aliphatic rings. The summed E-state index contributed by atoms with van der Waals surface area (Å²) < 4.78 is 7.78. The van der Waals surface area contributed by atoms with Crippen molar-refractivity contribution < 1.29 is 14.6 Å². The third-order valence-corrected chi connectivity index (χ3v) is 3.18. The highest BCUT2D eigenvalue weighted by Crippen LogP contribution is 2.26. The average molecular weight is 290 g/mol. The quantitative estimate of drug-likeness (QED) is 0.885. The molecule has 0 unspecified atom stereocenters. The lowest BCUT2D eigenvalue weighted by Crippen LogP contribution is -2.08. The standard InChI is InChI=1S/C16H22N2O3/c1-10(2)18-14-6-5-12(21-11(3)4)9-13(14)17-15(18)7-8-16(19)20/h5-6,9-11H,7-8H2,1-4H3,(H,19,20). The van der Waals surface area contributed by atoms with Crippen LogP contribution >= 0.6 is 0 Å². The fourth-order valence-electron chi connectivity index (χ4n) is 2.45. The maximum atomic E-state index is 10.8. The Morgan fingerprint density at radius 2 is 2.05 bits per heavy atom. The van der Waals surface area contributed by atoms with Crippen LogP contribution < -0.4 is 4.74 Å². The van der Waals surface area contributed by atoms with Gasteiger partial charge in [0.2, 0.25) is 0 Å². The summed E-state index contributed by atoms with van der Waals surface area (Å²) in [5, 5.41) is 8.87. The van der Waals surface area contributed by atoms with Crippen LogP contribution in [-0.2, 0) is 11.2 Å². The molecule has 21 heavy (non-hydrogen) atoms. The summed E-state index contributed by atoms with van der Waals surface area (Å²) in [5.41, 5.74) is 1.86. The summed E-state index contributed by atoms with van der Waals surface area (Å²) in [6, 6.07) is 6.07. The summed E-state index contributed by atoms with van der Waals surface area (Å²) in [4.78, 5) is 15.4. The molecule has 114 valence electrons. The zero-order valence-corrected chi connectivity index (χ0v) is 13.0. The highest BCUT2D eigenvalue weighted by molar-refractivity contribution is 5.78. The van der Waals surface area contributed by atoms with E-state index in [9.17, 15) is 4.79 Å². The number of nitrogens with zero attached hydrogens (tertiary/aromatic N) is 2. The van der Waals surface area contributed by atoms with Crippen molar-refractivity contribution in [3.05, 3.63) is 24.0 Å². The van der Waals surface area contributed by atoms with Crippen LogP contribution in [0.15, 0.2) is 18.2 Å². The first-order valence-corrected chi connectivity index (χ1v) is 7.27. The van der Waals surface area contributed by atoms with E-state index >= 15 is 0 Å². The van der Waals surface area contributed by atoms with Gasteiger partial charge in [-0.2, -0.15) is 0 Å². The summed E-state index contributed by atoms with van der Waals surface area (Å²) in [6.07, 6.45) is 0.634. The second-order valence-corrected chi connectivity index (χ2v) is 5.70. The van der Waals surface area contributed by atoms with E-state index in [1.807, 2.05) is 32.0 Å². The Hall–Kier alpha value is -2.04. The molecule has 0 radical (unpaired) electrons. The molecule has 0 bridgehead atoms. The molecule has 1 heterocycles. The number of aryl methyl sites for hydroxylation is 1. The smallest absolute Gasteiger partial charge is 0.303 e. The van der Waals surface area contributed by atoms with Gasteiger partial charge in [-0.3, -0.25) is 4.79 Å². The van der Waals surface area contributed by atoms with Gasteiger partial charge < -0.3 is 14.4 Å². The fraction of sp³-hybridized carbons (Fsp3) is 0.500. The van der Waals surface area contributed by atoms with Gasteiger partial charge in [0.1, 0.15) is 11.6 Å². The lowest BCUT2D eigenvalue weighted by atomic mass is 10.2. The van der Waals surface area contributed by atoms with Gasteiger partial charge in [0, 0.05) is 18.5 Å². The van der Waals surface area contributed by atoms with Crippen molar-refractivity contribution in [2.45, 2.75) is 52.7 Å². The van der Waals surface area contributed by atoms with Crippen molar-refractivity contribution in [1.82, 2.24) is 9.55 Å². The summed E-state index contributed by atoms with van der Waals surface area (Å²) in [6.45, 7) is 8.11. The SMILES string of the molecule is CC(C)Oc1ccc2c(c1)nc(CCC(=O)O)n2C(C)C. The number of fused-ring (bicyclic) bond motifs is 1. The van der Waals surface area contributed by atoms with E-state index in [4.69, 9.17) is 9.84 Å². The van der Waals surface area contributed by atoms with Gasteiger partial charge in [0.15, 0.2) is 0 Å². The van der Waals surface area contributed by atoms with Crippen LogP contribution in [0.4, 0.5) is 0 Å². The van der Waals surface area contributed by atoms with E-state index in [1.165, 1.54) is 0 Å². The Balaban J connectivity index is 2.43. The predicted molar refractivity (Wildman–Crippen MR) is 81.8 cm³/mol. The number of rotatable bonds is 6. The molecule has 0 aliphatic heterocycles. The topological polar surface area (TPSA) is 64.3 Å². The Morgan fingerprint density at radius 3 is 2.62 bits per heavy atom. The number of carboxylic acids is 1. The number of benzene rings is 1. The number of ether oxygens (including phenoxy) is 1. The van der Waals surface area contributed by atoms with E-state index in [0.29, 0.717) is 6.42 Å². The van der Waals surface area contributed by atoms with E-state index in [1.54, 1.807) is 0 Å². The Morgan fingerprint density at radius 1 is 1.33 bits per heavy atom. The molecule has 0 atom stereocenters. The minimum Gasteiger partial charge on any atom is -0.491 e. The van der Waals surface area contributed by atoms with E-state index in [0.717, 1.165) is 22.6 Å². The fourth-order valence-corrected chi connectivity index (χ4v) is 2.45. The molecule has 1 aromatic carbocycles. The highest BCUT2D eigenvalue weighted by Gasteiger charge is 2.15. The van der Waals surface area contributed by atoms with Crippen LogP contribution in [0.25, 0.3) is 11.0 Å². The maximum absolute atomic E-state index is 10.8.